The largest absolute Gasteiger partial charge is 0.494 e. The summed E-state index contributed by atoms with van der Waals surface area (Å²) in [5, 5.41) is 3.48. The molecule has 0 saturated heterocycles. The summed E-state index contributed by atoms with van der Waals surface area (Å²) in [5.41, 5.74) is 0. The molecule has 96 valence electrons. The topological polar surface area (TPSA) is 21.3 Å². The predicted molar refractivity (Wildman–Crippen MR) is 76.6 cm³/mol. The molecular weight excluding hydrogens is 278 g/mol. The minimum absolute atomic E-state index is 0.587. The maximum absolute atomic E-state index is 5.67. The molecule has 3 heteroatoms. The van der Waals surface area contributed by atoms with Crippen LogP contribution in [0.5, 0.6) is 5.75 Å². The Labute approximate surface area is 113 Å². The van der Waals surface area contributed by atoms with Crippen molar-refractivity contribution in [3.8, 4) is 5.75 Å². The van der Waals surface area contributed by atoms with E-state index in [0.29, 0.717) is 6.04 Å². The summed E-state index contributed by atoms with van der Waals surface area (Å²) < 4.78 is 6.75. The number of benzene rings is 1. The summed E-state index contributed by atoms with van der Waals surface area (Å²) in [5.74, 6) is 0.947. The molecule has 0 fully saturated rings. The lowest BCUT2D eigenvalue weighted by molar-refractivity contribution is 0.298. The summed E-state index contributed by atoms with van der Waals surface area (Å²) in [6.07, 6.45) is 3.45. The van der Waals surface area contributed by atoms with Crippen molar-refractivity contribution in [2.75, 3.05) is 13.2 Å². The maximum Gasteiger partial charge on any atom is 0.119 e. The highest BCUT2D eigenvalue weighted by atomic mass is 79.9. The van der Waals surface area contributed by atoms with E-state index in [9.17, 15) is 0 Å². The Kier molecular flexibility index (Phi) is 7.29. The van der Waals surface area contributed by atoms with Crippen molar-refractivity contribution in [1.82, 2.24) is 5.32 Å². The average molecular weight is 300 g/mol. The normalized spacial score (nSPS) is 12.4. The molecule has 0 aromatic heterocycles. The standard InChI is InChI=1S/C14H22BrNO/c1-3-10-16-12(2)5-4-11-17-14-8-6-13(15)7-9-14/h6-9,12,16H,3-5,10-11H2,1-2H3. The van der Waals surface area contributed by atoms with Gasteiger partial charge in [0, 0.05) is 10.5 Å². The second-order valence-corrected chi connectivity index (χ2v) is 5.22. The van der Waals surface area contributed by atoms with E-state index in [2.05, 4.69) is 35.1 Å². The minimum Gasteiger partial charge on any atom is -0.494 e. The minimum atomic E-state index is 0.587. The van der Waals surface area contributed by atoms with Gasteiger partial charge in [-0.3, -0.25) is 0 Å². The Morgan fingerprint density at radius 1 is 1.29 bits per heavy atom. The summed E-state index contributed by atoms with van der Waals surface area (Å²) in [4.78, 5) is 0. The first-order chi connectivity index (χ1) is 8.22. The van der Waals surface area contributed by atoms with Gasteiger partial charge in [0.15, 0.2) is 0 Å². The molecule has 0 radical (unpaired) electrons. The number of rotatable bonds is 8. The number of halogens is 1. The molecule has 0 heterocycles. The molecule has 1 N–H and O–H groups in total. The van der Waals surface area contributed by atoms with Crippen LogP contribution in [0.25, 0.3) is 0 Å². The van der Waals surface area contributed by atoms with Gasteiger partial charge in [-0.05, 0) is 57.0 Å². The van der Waals surface area contributed by atoms with Gasteiger partial charge in [-0.1, -0.05) is 22.9 Å². The van der Waals surface area contributed by atoms with Crippen molar-refractivity contribution in [3.63, 3.8) is 0 Å². The van der Waals surface area contributed by atoms with Crippen LogP contribution in [0.1, 0.15) is 33.1 Å². The predicted octanol–water partition coefficient (Wildman–Crippen LogP) is 4.00. The molecule has 1 aromatic carbocycles. The smallest absolute Gasteiger partial charge is 0.119 e. The fourth-order valence-electron chi connectivity index (χ4n) is 1.60. The lowest BCUT2D eigenvalue weighted by Crippen LogP contribution is -2.26. The third kappa shape index (κ3) is 6.69. The van der Waals surface area contributed by atoms with E-state index in [-0.39, 0.29) is 0 Å². The Bertz CT molecular complexity index is 300. The molecule has 0 aliphatic carbocycles. The highest BCUT2D eigenvalue weighted by molar-refractivity contribution is 9.10. The molecule has 0 spiro atoms. The monoisotopic (exact) mass is 299 g/mol. The molecule has 2 nitrogen and oxygen atoms in total. The van der Waals surface area contributed by atoms with Crippen molar-refractivity contribution in [2.45, 2.75) is 39.2 Å². The molecule has 17 heavy (non-hydrogen) atoms. The molecule has 0 saturated carbocycles. The van der Waals surface area contributed by atoms with Crippen molar-refractivity contribution in [3.05, 3.63) is 28.7 Å². The van der Waals surface area contributed by atoms with Crippen LogP contribution in [0, 0.1) is 0 Å². The molecule has 0 amide bonds. The zero-order valence-electron chi connectivity index (χ0n) is 10.7. The first-order valence-corrected chi connectivity index (χ1v) is 7.13. The van der Waals surface area contributed by atoms with Gasteiger partial charge in [-0.15, -0.1) is 0 Å². The van der Waals surface area contributed by atoms with Crippen molar-refractivity contribution in [1.29, 1.82) is 0 Å². The summed E-state index contributed by atoms with van der Waals surface area (Å²) in [7, 11) is 0. The fraction of sp³-hybridized carbons (Fsp3) is 0.571. The number of hydrogen-bond acceptors (Lipinski definition) is 2. The molecule has 0 aliphatic rings. The SMILES string of the molecule is CCCNC(C)CCCOc1ccc(Br)cc1. The first kappa shape index (κ1) is 14.5. The van der Waals surface area contributed by atoms with Gasteiger partial charge in [-0.2, -0.15) is 0 Å². The fourth-order valence-corrected chi connectivity index (χ4v) is 1.87. The summed E-state index contributed by atoms with van der Waals surface area (Å²) in [6.45, 7) is 6.32. The molecule has 1 aromatic rings. The van der Waals surface area contributed by atoms with Crippen LogP contribution >= 0.6 is 15.9 Å². The zero-order valence-corrected chi connectivity index (χ0v) is 12.3. The van der Waals surface area contributed by atoms with Crippen LogP contribution in [-0.2, 0) is 0 Å². The molecule has 0 aliphatic heterocycles. The van der Waals surface area contributed by atoms with Gasteiger partial charge in [0.1, 0.15) is 5.75 Å². The van der Waals surface area contributed by atoms with Crippen LogP contribution in [0.3, 0.4) is 0 Å². The van der Waals surface area contributed by atoms with Crippen molar-refractivity contribution < 1.29 is 4.74 Å². The maximum atomic E-state index is 5.67. The van der Waals surface area contributed by atoms with Gasteiger partial charge < -0.3 is 10.1 Å². The number of hydrogen-bond donors (Lipinski definition) is 1. The van der Waals surface area contributed by atoms with Gasteiger partial charge >= 0.3 is 0 Å². The van der Waals surface area contributed by atoms with E-state index >= 15 is 0 Å². The van der Waals surface area contributed by atoms with E-state index in [1.807, 2.05) is 24.3 Å². The Balaban J connectivity index is 2.09. The Morgan fingerprint density at radius 2 is 2.00 bits per heavy atom. The van der Waals surface area contributed by atoms with Gasteiger partial charge in [0.05, 0.1) is 6.61 Å². The van der Waals surface area contributed by atoms with Crippen LogP contribution in [-0.4, -0.2) is 19.2 Å². The third-order valence-corrected chi connectivity index (χ3v) is 3.14. The second kappa shape index (κ2) is 8.54. The van der Waals surface area contributed by atoms with Crippen LogP contribution in [0.2, 0.25) is 0 Å². The average Bonchev–Trinajstić information content (AvgIpc) is 2.34. The summed E-state index contributed by atoms with van der Waals surface area (Å²) in [6, 6.07) is 8.57. The van der Waals surface area contributed by atoms with Crippen LogP contribution in [0.15, 0.2) is 28.7 Å². The van der Waals surface area contributed by atoms with Crippen LogP contribution in [0.4, 0.5) is 0 Å². The molecule has 1 atom stereocenters. The van der Waals surface area contributed by atoms with E-state index in [0.717, 1.165) is 36.2 Å². The van der Waals surface area contributed by atoms with Crippen molar-refractivity contribution >= 4 is 15.9 Å². The number of nitrogens with one attached hydrogen (secondary N) is 1. The van der Waals surface area contributed by atoms with Crippen LogP contribution < -0.4 is 10.1 Å². The van der Waals surface area contributed by atoms with E-state index < -0.39 is 0 Å². The highest BCUT2D eigenvalue weighted by Crippen LogP contribution is 2.16. The molecule has 1 rings (SSSR count). The second-order valence-electron chi connectivity index (χ2n) is 4.30. The Morgan fingerprint density at radius 3 is 2.65 bits per heavy atom. The zero-order chi connectivity index (χ0) is 12.5. The van der Waals surface area contributed by atoms with E-state index in [1.54, 1.807) is 0 Å². The lowest BCUT2D eigenvalue weighted by Gasteiger charge is -2.13. The Hall–Kier alpha value is -0.540. The van der Waals surface area contributed by atoms with E-state index in [1.165, 1.54) is 6.42 Å². The van der Waals surface area contributed by atoms with E-state index in [4.69, 9.17) is 4.74 Å². The van der Waals surface area contributed by atoms with Gasteiger partial charge in [-0.25, -0.2) is 0 Å². The summed E-state index contributed by atoms with van der Waals surface area (Å²) >= 11 is 3.41. The molecular formula is C14H22BrNO. The van der Waals surface area contributed by atoms with Crippen molar-refractivity contribution in [2.24, 2.45) is 0 Å². The third-order valence-electron chi connectivity index (χ3n) is 2.61. The lowest BCUT2D eigenvalue weighted by atomic mass is 10.2. The quantitative estimate of drug-likeness (QED) is 0.733. The highest BCUT2D eigenvalue weighted by Gasteiger charge is 2.00. The van der Waals surface area contributed by atoms with Gasteiger partial charge in [0.2, 0.25) is 0 Å². The van der Waals surface area contributed by atoms with Gasteiger partial charge in [0.25, 0.3) is 0 Å². The molecule has 1 unspecified atom stereocenters. The molecule has 0 bridgehead atoms. The number of ether oxygens (including phenoxy) is 1. The first-order valence-electron chi connectivity index (χ1n) is 6.34.